The van der Waals surface area contributed by atoms with Crippen LogP contribution in [0.5, 0.6) is 0 Å². The summed E-state index contributed by atoms with van der Waals surface area (Å²) in [5, 5.41) is 16.2. The summed E-state index contributed by atoms with van der Waals surface area (Å²) in [4.78, 5) is 0. The van der Waals surface area contributed by atoms with Crippen LogP contribution in [-0.2, 0) is 0 Å². The SMILES string of the molecule is CC/C(C#N)=C/O. The van der Waals surface area contributed by atoms with Crippen molar-refractivity contribution in [3.05, 3.63) is 11.8 Å². The fourth-order valence-corrected chi connectivity index (χ4v) is 0.199. The van der Waals surface area contributed by atoms with E-state index in [4.69, 9.17) is 10.4 Å². The lowest BCUT2D eigenvalue weighted by molar-refractivity contribution is 0.468. The lowest BCUT2D eigenvalue weighted by Crippen LogP contribution is -1.70. The number of aliphatic hydroxyl groups is 1. The van der Waals surface area contributed by atoms with E-state index in [-0.39, 0.29) is 0 Å². The summed E-state index contributed by atoms with van der Waals surface area (Å²) in [6, 6.07) is 1.81. The van der Waals surface area contributed by atoms with E-state index in [1.165, 1.54) is 0 Å². The summed E-state index contributed by atoms with van der Waals surface area (Å²) in [6.45, 7) is 1.81. The molecule has 0 rings (SSSR count). The Bertz CT molecular complexity index is 110. The molecule has 0 spiro atoms. The second-order valence-electron chi connectivity index (χ2n) is 1.12. The second kappa shape index (κ2) is 3.23. The molecule has 0 aromatic heterocycles. The highest BCUT2D eigenvalue weighted by molar-refractivity contribution is 5.16. The lowest BCUT2D eigenvalue weighted by atomic mass is 10.3. The molecule has 0 saturated carbocycles. The third kappa shape index (κ3) is 1.83. The fourth-order valence-electron chi connectivity index (χ4n) is 0.199. The molecule has 2 nitrogen and oxygen atoms in total. The summed E-state index contributed by atoms with van der Waals surface area (Å²) < 4.78 is 0. The van der Waals surface area contributed by atoms with Crippen LogP contribution in [0.25, 0.3) is 0 Å². The van der Waals surface area contributed by atoms with Crippen LogP contribution in [0.15, 0.2) is 11.8 Å². The molecule has 0 aliphatic heterocycles. The Balaban J connectivity index is 3.68. The summed E-state index contributed by atoms with van der Waals surface area (Å²) in [6.07, 6.45) is 1.44. The number of hydrogen-bond donors (Lipinski definition) is 1. The molecule has 38 valence electrons. The van der Waals surface area contributed by atoms with Crippen LogP contribution in [0.2, 0.25) is 0 Å². The van der Waals surface area contributed by atoms with E-state index in [2.05, 4.69) is 0 Å². The molecule has 0 bridgehead atoms. The zero-order valence-electron chi connectivity index (χ0n) is 4.18. The van der Waals surface area contributed by atoms with Crippen LogP contribution in [0.1, 0.15) is 13.3 Å². The van der Waals surface area contributed by atoms with Crippen molar-refractivity contribution in [3.63, 3.8) is 0 Å². The van der Waals surface area contributed by atoms with Gasteiger partial charge in [0.1, 0.15) is 0 Å². The molecule has 0 heterocycles. The van der Waals surface area contributed by atoms with Crippen LogP contribution in [0, 0.1) is 11.3 Å². The van der Waals surface area contributed by atoms with Gasteiger partial charge in [0.05, 0.1) is 17.9 Å². The number of nitriles is 1. The quantitative estimate of drug-likeness (QED) is 0.396. The minimum absolute atomic E-state index is 0.417. The molecule has 1 N–H and O–H groups in total. The van der Waals surface area contributed by atoms with Gasteiger partial charge in [-0.3, -0.25) is 0 Å². The van der Waals surface area contributed by atoms with Crippen LogP contribution in [-0.4, -0.2) is 5.11 Å². The molecule has 7 heavy (non-hydrogen) atoms. The third-order valence-corrected chi connectivity index (χ3v) is 0.680. The van der Waals surface area contributed by atoms with Crippen LogP contribution < -0.4 is 0 Å². The Morgan fingerprint density at radius 1 is 2.00 bits per heavy atom. The Labute approximate surface area is 42.7 Å². The minimum Gasteiger partial charge on any atom is -0.515 e. The van der Waals surface area contributed by atoms with E-state index < -0.39 is 0 Å². The van der Waals surface area contributed by atoms with Gasteiger partial charge < -0.3 is 5.11 Å². The van der Waals surface area contributed by atoms with Gasteiger partial charge in [-0.2, -0.15) is 5.26 Å². The maximum atomic E-state index is 8.14. The predicted octanol–water partition coefficient (Wildman–Crippen LogP) is 1.36. The summed E-state index contributed by atoms with van der Waals surface area (Å²) >= 11 is 0. The van der Waals surface area contributed by atoms with E-state index in [0.717, 1.165) is 6.26 Å². The first-order valence-corrected chi connectivity index (χ1v) is 2.08. The summed E-state index contributed by atoms with van der Waals surface area (Å²) in [7, 11) is 0. The van der Waals surface area contributed by atoms with E-state index in [9.17, 15) is 0 Å². The molecule has 0 fully saturated rings. The van der Waals surface area contributed by atoms with Crippen molar-refractivity contribution in [2.75, 3.05) is 0 Å². The van der Waals surface area contributed by atoms with Crippen LogP contribution >= 0.6 is 0 Å². The second-order valence-corrected chi connectivity index (χ2v) is 1.12. The highest BCUT2D eigenvalue weighted by atomic mass is 16.2. The first-order chi connectivity index (χ1) is 3.35. The largest absolute Gasteiger partial charge is 0.515 e. The topological polar surface area (TPSA) is 44.0 Å². The molecule has 0 aromatic carbocycles. The van der Waals surface area contributed by atoms with Crippen molar-refractivity contribution in [1.82, 2.24) is 0 Å². The zero-order chi connectivity index (χ0) is 5.70. The molecule has 0 aliphatic rings. The van der Waals surface area contributed by atoms with Crippen molar-refractivity contribution >= 4 is 0 Å². The molecule has 0 atom stereocenters. The van der Waals surface area contributed by atoms with E-state index in [1.807, 2.05) is 13.0 Å². The Kier molecular flexibility index (Phi) is 2.78. The average molecular weight is 97.1 g/mol. The Hall–Kier alpha value is -0.970. The molecule has 0 unspecified atom stereocenters. The maximum absolute atomic E-state index is 8.14. The number of nitrogens with zero attached hydrogens (tertiary/aromatic N) is 1. The van der Waals surface area contributed by atoms with E-state index in [1.54, 1.807) is 0 Å². The smallest absolute Gasteiger partial charge is 0.0979 e. The summed E-state index contributed by atoms with van der Waals surface area (Å²) in [5.41, 5.74) is 0.417. The first-order valence-electron chi connectivity index (χ1n) is 2.08. The van der Waals surface area contributed by atoms with Crippen LogP contribution in [0.4, 0.5) is 0 Å². The highest BCUT2D eigenvalue weighted by Crippen LogP contribution is 1.93. The molecule has 2 heteroatoms. The van der Waals surface area contributed by atoms with Gasteiger partial charge in [-0.15, -0.1) is 0 Å². The first kappa shape index (κ1) is 6.03. The maximum Gasteiger partial charge on any atom is 0.0979 e. The van der Waals surface area contributed by atoms with Gasteiger partial charge >= 0.3 is 0 Å². The Morgan fingerprint density at radius 2 is 2.57 bits per heavy atom. The predicted molar refractivity (Wildman–Crippen MR) is 26.6 cm³/mol. The van der Waals surface area contributed by atoms with Gasteiger partial charge in [-0.1, -0.05) is 6.92 Å². The standard InChI is InChI=1S/C5H7NO/c1-2-5(3-6)4-7/h4,7H,2H2,1H3/b5-4-. The summed E-state index contributed by atoms with van der Waals surface area (Å²) in [5.74, 6) is 0. The van der Waals surface area contributed by atoms with Crippen molar-refractivity contribution in [1.29, 1.82) is 5.26 Å². The molecule has 0 radical (unpaired) electrons. The lowest BCUT2D eigenvalue weighted by Gasteiger charge is -1.80. The number of hydrogen-bond acceptors (Lipinski definition) is 2. The van der Waals surface area contributed by atoms with Gasteiger partial charge in [-0.25, -0.2) is 0 Å². The molecule has 0 amide bonds. The van der Waals surface area contributed by atoms with Crippen molar-refractivity contribution in [2.24, 2.45) is 0 Å². The number of allylic oxidation sites excluding steroid dienone is 1. The molecule has 0 saturated heterocycles. The van der Waals surface area contributed by atoms with Crippen molar-refractivity contribution < 1.29 is 5.11 Å². The monoisotopic (exact) mass is 97.1 g/mol. The molecule has 0 aliphatic carbocycles. The molecule has 0 aromatic rings. The number of rotatable bonds is 1. The van der Waals surface area contributed by atoms with E-state index in [0.29, 0.717) is 12.0 Å². The number of aliphatic hydroxyl groups excluding tert-OH is 1. The zero-order valence-corrected chi connectivity index (χ0v) is 4.18. The highest BCUT2D eigenvalue weighted by Gasteiger charge is 1.84. The molecular weight excluding hydrogens is 90.1 g/mol. The van der Waals surface area contributed by atoms with Gasteiger partial charge in [0.25, 0.3) is 0 Å². The van der Waals surface area contributed by atoms with Crippen molar-refractivity contribution in [3.8, 4) is 6.07 Å². The van der Waals surface area contributed by atoms with Gasteiger partial charge in [-0.05, 0) is 6.42 Å². The third-order valence-electron chi connectivity index (χ3n) is 0.680. The van der Waals surface area contributed by atoms with Gasteiger partial charge in [0.2, 0.25) is 0 Å². The molecular formula is C5H7NO. The van der Waals surface area contributed by atoms with Crippen LogP contribution in [0.3, 0.4) is 0 Å². The van der Waals surface area contributed by atoms with Gasteiger partial charge in [0, 0.05) is 0 Å². The Morgan fingerprint density at radius 3 is 2.57 bits per heavy atom. The van der Waals surface area contributed by atoms with Gasteiger partial charge in [0.15, 0.2) is 0 Å². The normalized spacial score (nSPS) is 10.6. The van der Waals surface area contributed by atoms with Crippen molar-refractivity contribution in [2.45, 2.75) is 13.3 Å². The average Bonchev–Trinajstić information content (AvgIpc) is 1.72. The fraction of sp³-hybridized carbons (Fsp3) is 0.400. The van der Waals surface area contributed by atoms with E-state index >= 15 is 0 Å². The minimum atomic E-state index is 0.417.